The first-order valence-electron chi connectivity index (χ1n) is 8.38. The molecule has 0 aliphatic carbocycles. The predicted octanol–water partition coefficient (Wildman–Crippen LogP) is 1.68. The van der Waals surface area contributed by atoms with Crippen LogP contribution in [0.3, 0.4) is 0 Å². The Bertz CT molecular complexity index is 812. The second kappa shape index (κ2) is 7.79. The highest BCUT2D eigenvalue weighted by atomic mass is 32.2. The highest BCUT2D eigenvalue weighted by molar-refractivity contribution is 7.89. The van der Waals surface area contributed by atoms with Gasteiger partial charge in [0.25, 0.3) is 5.69 Å². The van der Waals surface area contributed by atoms with Gasteiger partial charge in [-0.1, -0.05) is 12.1 Å². The summed E-state index contributed by atoms with van der Waals surface area (Å²) in [6.45, 7) is 6.00. The van der Waals surface area contributed by atoms with Crippen LogP contribution in [0.25, 0.3) is 0 Å². The average molecular weight is 400 g/mol. The van der Waals surface area contributed by atoms with Crippen molar-refractivity contribution in [1.82, 2.24) is 14.3 Å². The lowest BCUT2D eigenvalue weighted by Gasteiger charge is -2.38. The number of benzene rings is 1. The number of para-hydroxylation sites is 1. The molecule has 10 nitrogen and oxygen atoms in total. The number of nitro benzene ring substituents is 1. The molecule has 1 aromatic carbocycles. The molecule has 0 aromatic heterocycles. The molecule has 0 saturated carbocycles. The highest BCUT2D eigenvalue weighted by Gasteiger charge is 2.35. The minimum atomic E-state index is -4.01. The number of rotatable bonds is 4. The first-order valence-corrected chi connectivity index (χ1v) is 9.82. The second-order valence-corrected chi connectivity index (χ2v) is 8.99. The molecule has 0 spiro atoms. The number of nitro groups is 1. The number of ether oxygens (including phenoxy) is 1. The van der Waals surface area contributed by atoms with Crippen LogP contribution in [-0.2, 0) is 14.8 Å². The van der Waals surface area contributed by atoms with E-state index in [4.69, 9.17) is 4.74 Å². The fourth-order valence-electron chi connectivity index (χ4n) is 2.63. The normalized spacial score (nSPS) is 16.7. The number of nitrogens with zero attached hydrogens (tertiary/aromatic N) is 4. The molecule has 11 heteroatoms. The SMILES string of the molecule is CN(C(=O)OC(C)(C)C)N1CCN(S(=O)(=O)c2ccccc2[N+](=O)[O-])CC1. The molecule has 27 heavy (non-hydrogen) atoms. The molecule has 1 fully saturated rings. The first-order chi connectivity index (χ1) is 12.4. The van der Waals surface area contributed by atoms with E-state index in [1.54, 1.807) is 32.8 Å². The largest absolute Gasteiger partial charge is 0.443 e. The molecule has 0 unspecified atom stereocenters. The molecular weight excluding hydrogens is 376 g/mol. The Morgan fingerprint density at radius 3 is 2.26 bits per heavy atom. The summed E-state index contributed by atoms with van der Waals surface area (Å²) < 4.78 is 32.1. The van der Waals surface area contributed by atoms with Crippen LogP contribution in [0.4, 0.5) is 10.5 Å². The molecule has 1 heterocycles. The highest BCUT2D eigenvalue weighted by Crippen LogP contribution is 2.27. The quantitative estimate of drug-likeness (QED) is 0.558. The third-order valence-corrected chi connectivity index (χ3v) is 5.92. The zero-order valence-electron chi connectivity index (χ0n) is 15.8. The van der Waals surface area contributed by atoms with E-state index in [2.05, 4.69) is 0 Å². The van der Waals surface area contributed by atoms with Crippen LogP contribution in [0.2, 0.25) is 0 Å². The van der Waals surface area contributed by atoms with Crippen molar-refractivity contribution < 1.29 is 22.9 Å². The van der Waals surface area contributed by atoms with E-state index in [0.29, 0.717) is 0 Å². The minimum absolute atomic E-state index is 0.0987. The average Bonchev–Trinajstić information content (AvgIpc) is 2.59. The first kappa shape index (κ1) is 21.1. The fraction of sp³-hybridized carbons (Fsp3) is 0.562. The van der Waals surface area contributed by atoms with Crippen molar-refractivity contribution in [2.75, 3.05) is 33.2 Å². The summed E-state index contributed by atoms with van der Waals surface area (Å²) in [5, 5.41) is 14.1. The van der Waals surface area contributed by atoms with Crippen molar-refractivity contribution in [3.05, 3.63) is 34.4 Å². The lowest BCUT2D eigenvalue weighted by Crippen LogP contribution is -2.55. The van der Waals surface area contributed by atoms with E-state index < -0.39 is 32.3 Å². The van der Waals surface area contributed by atoms with Crippen molar-refractivity contribution in [3.63, 3.8) is 0 Å². The van der Waals surface area contributed by atoms with Gasteiger partial charge in [-0.2, -0.15) is 4.31 Å². The van der Waals surface area contributed by atoms with Gasteiger partial charge in [0.2, 0.25) is 10.0 Å². The van der Waals surface area contributed by atoms with E-state index in [-0.39, 0.29) is 31.1 Å². The second-order valence-electron chi connectivity index (χ2n) is 7.09. The maximum atomic E-state index is 12.8. The topological polar surface area (TPSA) is 113 Å². The smallest absolute Gasteiger partial charge is 0.424 e. The zero-order chi connectivity index (χ0) is 20.4. The summed E-state index contributed by atoms with van der Waals surface area (Å²) in [6.07, 6.45) is -0.530. The van der Waals surface area contributed by atoms with Gasteiger partial charge in [0, 0.05) is 39.3 Å². The number of hydrogen-bond acceptors (Lipinski definition) is 7. The Balaban J connectivity index is 2.09. The van der Waals surface area contributed by atoms with E-state index in [1.165, 1.54) is 33.6 Å². The van der Waals surface area contributed by atoms with Crippen molar-refractivity contribution in [3.8, 4) is 0 Å². The number of carbonyl (C=O) groups is 1. The summed E-state index contributed by atoms with van der Waals surface area (Å²) in [5.41, 5.74) is -1.09. The zero-order valence-corrected chi connectivity index (χ0v) is 16.6. The molecule has 1 aliphatic heterocycles. The molecule has 1 aliphatic rings. The van der Waals surface area contributed by atoms with Crippen LogP contribution in [0.5, 0.6) is 0 Å². The summed E-state index contributed by atoms with van der Waals surface area (Å²) in [5.74, 6) is 0. The van der Waals surface area contributed by atoms with E-state index in [9.17, 15) is 23.3 Å². The van der Waals surface area contributed by atoms with Crippen molar-refractivity contribution >= 4 is 21.8 Å². The van der Waals surface area contributed by atoms with Crippen molar-refractivity contribution in [1.29, 1.82) is 0 Å². The summed E-state index contributed by atoms with van der Waals surface area (Å²) >= 11 is 0. The lowest BCUT2D eigenvalue weighted by molar-refractivity contribution is -0.387. The Morgan fingerprint density at radius 1 is 1.19 bits per heavy atom. The number of sulfonamides is 1. The Kier molecular flexibility index (Phi) is 6.07. The monoisotopic (exact) mass is 400 g/mol. The standard InChI is InChI=1S/C16H24N4O6S/c1-16(2,3)26-15(21)17(4)18-9-11-19(12-10-18)27(24,25)14-8-6-5-7-13(14)20(22)23/h5-8H,9-12H2,1-4H3. The number of hydrazine groups is 1. The minimum Gasteiger partial charge on any atom is -0.443 e. The predicted molar refractivity (Wildman–Crippen MR) is 97.4 cm³/mol. The van der Waals surface area contributed by atoms with Crippen molar-refractivity contribution in [2.24, 2.45) is 0 Å². The van der Waals surface area contributed by atoms with Gasteiger partial charge in [-0.05, 0) is 26.8 Å². The third kappa shape index (κ3) is 4.93. The van der Waals surface area contributed by atoms with Crippen molar-refractivity contribution in [2.45, 2.75) is 31.3 Å². The Morgan fingerprint density at radius 2 is 1.74 bits per heavy atom. The van der Waals surface area contributed by atoms with Crippen LogP contribution in [0, 0.1) is 10.1 Å². The number of hydrogen-bond donors (Lipinski definition) is 0. The van der Waals surface area contributed by atoms with Crippen LogP contribution in [-0.4, -0.2) is 72.6 Å². The number of piperazine rings is 1. The van der Waals surface area contributed by atoms with Gasteiger partial charge in [-0.3, -0.25) is 10.1 Å². The number of carbonyl (C=O) groups excluding carboxylic acids is 1. The molecule has 0 atom stereocenters. The molecule has 2 rings (SSSR count). The molecule has 1 aromatic rings. The van der Waals surface area contributed by atoms with Gasteiger partial charge in [0.1, 0.15) is 5.60 Å². The summed E-state index contributed by atoms with van der Waals surface area (Å²) in [4.78, 5) is 22.2. The molecule has 1 amide bonds. The van der Waals surface area contributed by atoms with Gasteiger partial charge >= 0.3 is 6.09 Å². The van der Waals surface area contributed by atoms with Gasteiger partial charge in [-0.25, -0.2) is 23.2 Å². The molecule has 150 valence electrons. The molecule has 0 radical (unpaired) electrons. The Hall–Kier alpha value is -2.24. The van der Waals surface area contributed by atoms with E-state index in [0.717, 1.165) is 0 Å². The molecule has 0 bridgehead atoms. The number of amides is 1. The van der Waals surface area contributed by atoms with Gasteiger partial charge in [-0.15, -0.1) is 0 Å². The van der Waals surface area contributed by atoms with Gasteiger partial charge < -0.3 is 4.74 Å². The third-order valence-electron chi connectivity index (χ3n) is 3.98. The maximum Gasteiger partial charge on any atom is 0.424 e. The fourth-order valence-corrected chi connectivity index (χ4v) is 4.21. The van der Waals surface area contributed by atoms with Crippen LogP contribution >= 0.6 is 0 Å². The molecule has 0 N–H and O–H groups in total. The van der Waals surface area contributed by atoms with Gasteiger partial charge in [0.05, 0.1) is 4.92 Å². The van der Waals surface area contributed by atoms with Crippen LogP contribution in [0.1, 0.15) is 20.8 Å². The summed E-state index contributed by atoms with van der Waals surface area (Å²) in [7, 11) is -2.45. The van der Waals surface area contributed by atoms with Crippen LogP contribution in [0.15, 0.2) is 29.2 Å². The summed E-state index contributed by atoms with van der Waals surface area (Å²) in [6, 6.07) is 5.27. The molecular formula is C16H24N4O6S. The lowest BCUT2D eigenvalue weighted by atomic mass is 10.2. The Labute approximate surface area is 158 Å². The van der Waals surface area contributed by atoms with Gasteiger partial charge in [0.15, 0.2) is 4.90 Å². The van der Waals surface area contributed by atoms with Crippen LogP contribution < -0.4 is 0 Å². The molecule has 1 saturated heterocycles. The maximum absolute atomic E-state index is 12.8. The van der Waals surface area contributed by atoms with E-state index >= 15 is 0 Å². The van der Waals surface area contributed by atoms with E-state index in [1.807, 2.05) is 0 Å².